The van der Waals surface area contributed by atoms with Crippen molar-refractivity contribution < 1.29 is 19.1 Å². The molecule has 54 heavy (non-hydrogen) atoms. The predicted molar refractivity (Wildman–Crippen MR) is 210 cm³/mol. The van der Waals surface area contributed by atoms with Gasteiger partial charge in [0.1, 0.15) is 5.75 Å². The van der Waals surface area contributed by atoms with E-state index in [1.807, 2.05) is 30.5 Å². The Kier molecular flexibility index (Phi) is 10.1. The molecule has 13 nitrogen and oxygen atoms in total. The number of benzene rings is 2. The molecule has 0 unspecified atom stereocenters. The molecule has 5 aromatic rings. The molecule has 3 aliphatic rings. The zero-order valence-electron chi connectivity index (χ0n) is 30.5. The first-order chi connectivity index (χ1) is 26.2. The molecule has 1 aliphatic carbocycles. The molecule has 8 rings (SSSR count). The summed E-state index contributed by atoms with van der Waals surface area (Å²) in [6.45, 7) is 3.33. The lowest BCUT2D eigenvalue weighted by atomic mass is 9.85. The van der Waals surface area contributed by atoms with E-state index in [4.69, 9.17) is 21.4 Å². The number of piperidine rings is 1. The number of nitrogens with zero attached hydrogens (tertiary/aromatic N) is 7. The maximum atomic E-state index is 12.9. The van der Waals surface area contributed by atoms with Crippen molar-refractivity contribution >= 4 is 68.2 Å². The molecule has 0 bridgehead atoms. The first-order valence-electron chi connectivity index (χ1n) is 18.7. The summed E-state index contributed by atoms with van der Waals surface area (Å²) >= 11 is 6.04. The zero-order valence-corrected chi connectivity index (χ0v) is 31.3. The number of anilines is 3. The van der Waals surface area contributed by atoms with Gasteiger partial charge in [0.05, 0.1) is 46.8 Å². The standard InChI is InChI=1S/C40H44ClN9O4/c1-47(29-10-13-48(14-11-29)35-5-3-4-31-32(35)21-43-22-36(31)49-15-12-38(51)45-40(49)53)23-25-6-8-30(9-7-25)50-24-27-17-34(37(54-2)18-33(27)46-50)44-39(52)26-16-28(41)20-42-19-26/h3-5,16-22,24-25,29-30H,6-15,23H2,1-2H3,(H,44,52)(H,45,51,53). The van der Waals surface area contributed by atoms with Gasteiger partial charge in [-0.2, -0.15) is 5.10 Å². The van der Waals surface area contributed by atoms with Crippen LogP contribution in [-0.2, 0) is 4.79 Å². The van der Waals surface area contributed by atoms with Crippen LogP contribution in [0.3, 0.4) is 0 Å². The van der Waals surface area contributed by atoms with Gasteiger partial charge in [0.2, 0.25) is 5.91 Å². The fourth-order valence-corrected chi connectivity index (χ4v) is 8.57. The number of pyridine rings is 2. The Morgan fingerprint density at radius 1 is 0.963 bits per heavy atom. The van der Waals surface area contributed by atoms with Gasteiger partial charge < -0.3 is 19.9 Å². The summed E-state index contributed by atoms with van der Waals surface area (Å²) in [7, 11) is 3.86. The smallest absolute Gasteiger partial charge is 0.328 e. The topological polar surface area (TPSA) is 138 Å². The molecule has 5 heterocycles. The first kappa shape index (κ1) is 35.7. The van der Waals surface area contributed by atoms with Crippen molar-refractivity contribution in [2.45, 2.75) is 57.0 Å². The Hall–Kier alpha value is -5.27. The minimum atomic E-state index is -0.397. The number of hydrogen-bond donors (Lipinski definition) is 2. The largest absolute Gasteiger partial charge is 0.494 e. The van der Waals surface area contributed by atoms with Gasteiger partial charge in [-0.3, -0.25) is 34.5 Å². The Morgan fingerprint density at radius 3 is 2.52 bits per heavy atom. The van der Waals surface area contributed by atoms with Gasteiger partial charge in [0, 0.05) is 91.3 Å². The van der Waals surface area contributed by atoms with E-state index in [0.29, 0.717) is 46.6 Å². The lowest BCUT2D eigenvalue weighted by Gasteiger charge is -2.40. The molecule has 280 valence electrons. The second kappa shape index (κ2) is 15.2. The van der Waals surface area contributed by atoms with Crippen molar-refractivity contribution in [2.75, 3.05) is 55.5 Å². The number of rotatable bonds is 9. The first-order valence-corrected chi connectivity index (χ1v) is 19.0. The molecule has 14 heteroatoms. The number of halogens is 1. The summed E-state index contributed by atoms with van der Waals surface area (Å²) in [5.41, 5.74) is 3.63. The molecule has 0 spiro atoms. The van der Waals surface area contributed by atoms with Crippen molar-refractivity contribution in [2.24, 2.45) is 5.92 Å². The highest BCUT2D eigenvalue weighted by atomic mass is 35.5. The third kappa shape index (κ3) is 7.30. The van der Waals surface area contributed by atoms with Crippen molar-refractivity contribution in [3.8, 4) is 5.75 Å². The number of fused-ring (bicyclic) bond motifs is 2. The molecule has 3 aromatic heterocycles. The number of carbonyl (C=O) groups excluding carboxylic acids is 3. The lowest BCUT2D eigenvalue weighted by Crippen LogP contribution is -2.49. The quantitative estimate of drug-likeness (QED) is 0.169. The van der Waals surface area contributed by atoms with E-state index in [1.54, 1.807) is 24.3 Å². The highest BCUT2D eigenvalue weighted by Gasteiger charge is 2.30. The van der Waals surface area contributed by atoms with E-state index in [9.17, 15) is 14.4 Å². The summed E-state index contributed by atoms with van der Waals surface area (Å²) in [5.74, 6) is 0.623. The van der Waals surface area contributed by atoms with Crippen molar-refractivity contribution in [1.29, 1.82) is 0 Å². The molecule has 2 aromatic carbocycles. The molecule has 0 radical (unpaired) electrons. The zero-order chi connectivity index (χ0) is 37.3. The number of urea groups is 1. The Morgan fingerprint density at radius 2 is 1.76 bits per heavy atom. The summed E-state index contributed by atoms with van der Waals surface area (Å²) < 4.78 is 7.71. The molecular weight excluding hydrogens is 706 g/mol. The normalized spacial score (nSPS) is 19.8. The highest BCUT2D eigenvalue weighted by Crippen LogP contribution is 2.37. The Labute approximate surface area is 318 Å². The maximum Gasteiger partial charge on any atom is 0.328 e. The summed E-state index contributed by atoms with van der Waals surface area (Å²) in [4.78, 5) is 52.4. The number of ether oxygens (including phenoxy) is 1. The third-order valence-electron chi connectivity index (χ3n) is 11.3. The van der Waals surface area contributed by atoms with Gasteiger partial charge in [-0.15, -0.1) is 0 Å². The molecule has 0 atom stereocenters. The van der Waals surface area contributed by atoms with Crippen LogP contribution in [0.2, 0.25) is 5.02 Å². The summed E-state index contributed by atoms with van der Waals surface area (Å²) in [6.07, 6.45) is 15.5. The molecule has 2 aliphatic heterocycles. The van der Waals surface area contributed by atoms with Gasteiger partial charge in [-0.25, -0.2) is 4.79 Å². The fourth-order valence-electron chi connectivity index (χ4n) is 8.40. The summed E-state index contributed by atoms with van der Waals surface area (Å²) in [5, 5.41) is 13.6. The third-order valence-corrected chi connectivity index (χ3v) is 11.5. The average Bonchev–Trinajstić information content (AvgIpc) is 3.60. The van der Waals surface area contributed by atoms with E-state index < -0.39 is 6.03 Å². The van der Waals surface area contributed by atoms with Gasteiger partial charge in [-0.1, -0.05) is 23.7 Å². The van der Waals surface area contributed by atoms with Crippen LogP contribution in [-0.4, -0.2) is 88.9 Å². The van der Waals surface area contributed by atoms with Crippen LogP contribution in [0.5, 0.6) is 5.75 Å². The minimum absolute atomic E-state index is 0.246. The SMILES string of the molecule is COc1cc2nn(C3CCC(CN(C)C4CCN(c5cccc6c(N7CCC(=O)NC7=O)cncc56)CC4)CC3)cc2cc1NC(=O)c1cncc(Cl)c1. The Balaban J connectivity index is 0.856. The number of imide groups is 1. The van der Waals surface area contributed by atoms with E-state index in [0.717, 1.165) is 91.2 Å². The molecule has 2 N–H and O–H groups in total. The number of amides is 4. The molecule has 4 amide bonds. The van der Waals surface area contributed by atoms with E-state index in [-0.39, 0.29) is 18.2 Å². The van der Waals surface area contributed by atoms with Crippen LogP contribution < -0.4 is 25.2 Å². The lowest BCUT2D eigenvalue weighted by molar-refractivity contribution is -0.120. The minimum Gasteiger partial charge on any atom is -0.494 e. The Bertz CT molecular complexity index is 2210. The molecule has 2 saturated heterocycles. The monoisotopic (exact) mass is 749 g/mol. The van der Waals surface area contributed by atoms with Gasteiger partial charge in [0.25, 0.3) is 5.91 Å². The van der Waals surface area contributed by atoms with E-state index >= 15 is 0 Å². The number of aromatic nitrogens is 4. The van der Waals surface area contributed by atoms with Crippen LogP contribution >= 0.6 is 11.6 Å². The second-order valence-corrected chi connectivity index (χ2v) is 15.1. The van der Waals surface area contributed by atoms with Crippen molar-refractivity contribution in [3.63, 3.8) is 0 Å². The number of methoxy groups -OCH3 is 1. The average molecular weight is 750 g/mol. The van der Waals surface area contributed by atoms with Gasteiger partial charge in [0.15, 0.2) is 0 Å². The van der Waals surface area contributed by atoms with E-state index in [1.165, 1.54) is 12.4 Å². The van der Waals surface area contributed by atoms with Crippen LogP contribution in [0, 0.1) is 5.92 Å². The second-order valence-electron chi connectivity index (χ2n) is 14.7. The maximum absolute atomic E-state index is 12.9. The summed E-state index contributed by atoms with van der Waals surface area (Å²) in [6, 6.07) is 12.0. The van der Waals surface area contributed by atoms with E-state index in [2.05, 4.69) is 54.4 Å². The van der Waals surface area contributed by atoms with Crippen molar-refractivity contribution in [3.05, 3.63) is 78.0 Å². The fraction of sp³-hybridized carbons (Fsp3) is 0.400. The number of carbonyl (C=O) groups is 3. The molecular formula is C40H44ClN9O4. The number of nitrogens with one attached hydrogen (secondary N) is 2. The number of hydrogen-bond acceptors (Lipinski definition) is 9. The van der Waals surface area contributed by atoms with Gasteiger partial charge >= 0.3 is 6.03 Å². The van der Waals surface area contributed by atoms with Crippen LogP contribution in [0.15, 0.2) is 67.4 Å². The van der Waals surface area contributed by atoms with Crippen LogP contribution in [0.25, 0.3) is 21.7 Å². The molecule has 3 fully saturated rings. The molecule has 1 saturated carbocycles. The van der Waals surface area contributed by atoms with Crippen LogP contribution in [0.1, 0.15) is 61.3 Å². The van der Waals surface area contributed by atoms with Crippen molar-refractivity contribution in [1.82, 2.24) is 30.0 Å². The highest BCUT2D eigenvalue weighted by molar-refractivity contribution is 6.30. The predicted octanol–water partition coefficient (Wildman–Crippen LogP) is 6.67. The van der Waals surface area contributed by atoms with Gasteiger partial charge in [-0.05, 0) is 69.7 Å². The van der Waals surface area contributed by atoms with Crippen LogP contribution in [0.4, 0.5) is 21.9 Å².